The monoisotopic (exact) mass is 397 g/mol. The molecule has 0 radical (unpaired) electrons. The van der Waals surface area contributed by atoms with E-state index < -0.39 is 0 Å². The second-order valence-electron chi connectivity index (χ2n) is 6.03. The number of piperazine rings is 1. The predicted octanol–water partition coefficient (Wildman–Crippen LogP) is 4.96. The Bertz CT molecular complexity index is 711. The molecule has 1 heterocycles. The molecule has 1 aliphatic heterocycles. The summed E-state index contributed by atoms with van der Waals surface area (Å²) in [6.07, 6.45) is 0. The largest absolute Gasteiger partial charge is 0.295 e. The Hall–Kier alpha value is -1.26. The first kappa shape index (κ1) is 20.1. The van der Waals surface area contributed by atoms with Gasteiger partial charge in [0.05, 0.1) is 15.8 Å². The zero-order valence-electron chi connectivity index (χ0n) is 14.2. The minimum atomic E-state index is 0. The number of hydrogen-bond acceptors (Lipinski definition) is 3. The van der Waals surface area contributed by atoms with Gasteiger partial charge in [0.1, 0.15) is 0 Å². The molecule has 0 aromatic heterocycles. The van der Waals surface area contributed by atoms with Crippen LogP contribution in [-0.2, 0) is 6.54 Å². The van der Waals surface area contributed by atoms with Crippen molar-refractivity contribution < 1.29 is 0 Å². The molecule has 0 unspecified atom stereocenters. The first-order valence-corrected chi connectivity index (χ1v) is 8.89. The van der Waals surface area contributed by atoms with Crippen LogP contribution in [0.2, 0.25) is 10.0 Å². The number of hydrogen-bond donors (Lipinski definition) is 0. The van der Waals surface area contributed by atoms with Crippen LogP contribution in [0.25, 0.3) is 0 Å². The third kappa shape index (κ3) is 5.61. The molecule has 3 nitrogen and oxygen atoms in total. The molecule has 1 saturated heterocycles. The van der Waals surface area contributed by atoms with E-state index in [0.29, 0.717) is 10.0 Å². The highest BCUT2D eigenvalue weighted by molar-refractivity contribution is 6.42. The minimum Gasteiger partial charge on any atom is -0.295 e. The van der Waals surface area contributed by atoms with Gasteiger partial charge in [0.15, 0.2) is 0 Å². The number of nitrogens with zero attached hydrogens (tertiary/aromatic N) is 3. The number of benzene rings is 2. The number of rotatable bonds is 4. The second kappa shape index (κ2) is 9.44. The van der Waals surface area contributed by atoms with Gasteiger partial charge < -0.3 is 0 Å². The van der Waals surface area contributed by atoms with Crippen molar-refractivity contribution in [3.8, 4) is 0 Å². The smallest absolute Gasteiger partial charge is 0.0647 e. The third-order valence-corrected chi connectivity index (χ3v) is 4.97. The summed E-state index contributed by atoms with van der Waals surface area (Å²) in [6.45, 7) is 6.93. The first-order chi connectivity index (χ1) is 11.6. The SMILES string of the molecule is C/C(=N\N1CCN(Cc2ccccc2)CC1)c1ccc(Cl)c(Cl)c1.Cl. The fourth-order valence-corrected chi connectivity index (χ4v) is 3.13. The summed E-state index contributed by atoms with van der Waals surface area (Å²) in [5.74, 6) is 0. The summed E-state index contributed by atoms with van der Waals surface area (Å²) in [5.41, 5.74) is 3.34. The van der Waals surface area contributed by atoms with Crippen molar-refractivity contribution in [3.63, 3.8) is 0 Å². The highest BCUT2D eigenvalue weighted by Gasteiger charge is 2.16. The summed E-state index contributed by atoms with van der Waals surface area (Å²) >= 11 is 12.1. The molecular formula is C19H22Cl3N3. The quantitative estimate of drug-likeness (QED) is 0.678. The van der Waals surface area contributed by atoms with Crippen LogP contribution in [0.3, 0.4) is 0 Å². The molecule has 6 heteroatoms. The van der Waals surface area contributed by atoms with Gasteiger partial charge in [0.25, 0.3) is 0 Å². The van der Waals surface area contributed by atoms with Gasteiger partial charge in [-0.2, -0.15) is 5.10 Å². The lowest BCUT2D eigenvalue weighted by Gasteiger charge is -2.33. The Morgan fingerprint density at radius 3 is 2.28 bits per heavy atom. The zero-order valence-corrected chi connectivity index (χ0v) is 16.5. The summed E-state index contributed by atoms with van der Waals surface area (Å²) in [6, 6.07) is 16.2. The fourth-order valence-electron chi connectivity index (χ4n) is 2.83. The summed E-state index contributed by atoms with van der Waals surface area (Å²) in [7, 11) is 0. The van der Waals surface area contributed by atoms with Gasteiger partial charge in [-0.1, -0.05) is 59.6 Å². The predicted molar refractivity (Wildman–Crippen MR) is 109 cm³/mol. The van der Waals surface area contributed by atoms with E-state index >= 15 is 0 Å². The van der Waals surface area contributed by atoms with E-state index in [1.165, 1.54) is 5.56 Å². The molecule has 0 amide bonds. The van der Waals surface area contributed by atoms with E-state index in [0.717, 1.165) is 44.0 Å². The molecule has 25 heavy (non-hydrogen) atoms. The maximum absolute atomic E-state index is 6.09. The summed E-state index contributed by atoms with van der Waals surface area (Å²) in [5, 5.41) is 8.02. The third-order valence-electron chi connectivity index (χ3n) is 4.23. The standard InChI is InChI=1S/C19H21Cl2N3.ClH/c1-15(17-7-8-18(20)19(21)13-17)22-24-11-9-23(10-12-24)14-16-5-3-2-4-6-16;/h2-8,13H,9-12,14H2,1H3;1H/b22-15+;. The Labute approximate surface area is 165 Å². The topological polar surface area (TPSA) is 18.8 Å². The molecule has 2 aromatic carbocycles. The van der Waals surface area contributed by atoms with Gasteiger partial charge in [-0.3, -0.25) is 9.91 Å². The summed E-state index contributed by atoms with van der Waals surface area (Å²) < 4.78 is 0. The van der Waals surface area contributed by atoms with Crippen LogP contribution >= 0.6 is 35.6 Å². The van der Waals surface area contributed by atoms with Crippen molar-refractivity contribution in [3.05, 3.63) is 69.7 Å². The van der Waals surface area contributed by atoms with Crippen molar-refractivity contribution >= 4 is 41.3 Å². The van der Waals surface area contributed by atoms with Crippen molar-refractivity contribution in [2.75, 3.05) is 26.2 Å². The van der Waals surface area contributed by atoms with Crippen LogP contribution in [0.15, 0.2) is 53.6 Å². The molecule has 3 rings (SSSR count). The molecule has 134 valence electrons. The lowest BCUT2D eigenvalue weighted by Crippen LogP contribution is -2.43. The normalized spacial score (nSPS) is 15.8. The first-order valence-electron chi connectivity index (χ1n) is 8.13. The van der Waals surface area contributed by atoms with E-state index in [9.17, 15) is 0 Å². The minimum absolute atomic E-state index is 0. The van der Waals surface area contributed by atoms with Crippen LogP contribution in [0.5, 0.6) is 0 Å². The Balaban J connectivity index is 0.00000225. The van der Waals surface area contributed by atoms with Crippen LogP contribution in [0, 0.1) is 0 Å². The van der Waals surface area contributed by atoms with Crippen LogP contribution in [0.1, 0.15) is 18.1 Å². The van der Waals surface area contributed by atoms with E-state index in [1.807, 2.05) is 25.1 Å². The van der Waals surface area contributed by atoms with Gasteiger partial charge in [0.2, 0.25) is 0 Å². The fraction of sp³-hybridized carbons (Fsp3) is 0.316. The lowest BCUT2D eigenvalue weighted by atomic mass is 10.1. The van der Waals surface area contributed by atoms with Crippen molar-refractivity contribution in [2.45, 2.75) is 13.5 Å². The number of halogens is 3. The van der Waals surface area contributed by atoms with E-state index in [1.54, 1.807) is 0 Å². The van der Waals surface area contributed by atoms with Crippen molar-refractivity contribution in [1.29, 1.82) is 0 Å². The molecule has 0 saturated carbocycles. The molecule has 1 fully saturated rings. The Morgan fingerprint density at radius 1 is 0.960 bits per heavy atom. The van der Waals surface area contributed by atoms with E-state index in [4.69, 9.17) is 28.3 Å². The zero-order chi connectivity index (χ0) is 16.9. The van der Waals surface area contributed by atoms with Crippen molar-refractivity contribution in [2.24, 2.45) is 5.10 Å². The van der Waals surface area contributed by atoms with Gasteiger partial charge in [0, 0.05) is 32.7 Å². The Morgan fingerprint density at radius 2 is 1.64 bits per heavy atom. The highest BCUT2D eigenvalue weighted by Crippen LogP contribution is 2.23. The lowest BCUT2D eigenvalue weighted by molar-refractivity contribution is 0.130. The van der Waals surface area contributed by atoms with Gasteiger partial charge >= 0.3 is 0 Å². The molecule has 0 aliphatic carbocycles. The Kier molecular flexibility index (Phi) is 7.57. The molecule has 0 spiro atoms. The molecule has 0 N–H and O–H groups in total. The average molecular weight is 399 g/mol. The van der Waals surface area contributed by atoms with Crippen LogP contribution in [-0.4, -0.2) is 41.8 Å². The van der Waals surface area contributed by atoms with E-state index in [2.05, 4.69) is 40.2 Å². The number of hydrazone groups is 1. The maximum Gasteiger partial charge on any atom is 0.0647 e. The molecule has 0 bridgehead atoms. The van der Waals surface area contributed by atoms with Crippen molar-refractivity contribution in [1.82, 2.24) is 9.91 Å². The molecule has 2 aromatic rings. The molecule has 0 atom stereocenters. The highest BCUT2D eigenvalue weighted by atomic mass is 35.5. The van der Waals surface area contributed by atoms with E-state index in [-0.39, 0.29) is 12.4 Å². The van der Waals surface area contributed by atoms with Gasteiger partial charge in [-0.15, -0.1) is 12.4 Å². The maximum atomic E-state index is 6.09. The van der Waals surface area contributed by atoms with Crippen LogP contribution < -0.4 is 0 Å². The average Bonchev–Trinajstić information content (AvgIpc) is 2.60. The second-order valence-corrected chi connectivity index (χ2v) is 6.84. The van der Waals surface area contributed by atoms with Crippen LogP contribution in [0.4, 0.5) is 0 Å². The van der Waals surface area contributed by atoms with Gasteiger partial charge in [-0.05, 0) is 30.2 Å². The van der Waals surface area contributed by atoms with Gasteiger partial charge in [-0.25, -0.2) is 0 Å². The molecule has 1 aliphatic rings. The molecular weight excluding hydrogens is 377 g/mol. The summed E-state index contributed by atoms with van der Waals surface area (Å²) in [4.78, 5) is 2.47.